The van der Waals surface area contributed by atoms with Crippen molar-refractivity contribution in [3.63, 3.8) is 0 Å². The molecule has 3 aromatic rings. The highest BCUT2D eigenvalue weighted by Gasteiger charge is 2.11. The molecule has 0 aliphatic rings. The summed E-state index contributed by atoms with van der Waals surface area (Å²) in [6.07, 6.45) is 0. The molecule has 136 valence electrons. The molecular weight excluding hydrogens is 392 g/mol. The molecule has 1 aromatic heterocycles. The van der Waals surface area contributed by atoms with Crippen molar-refractivity contribution in [3.05, 3.63) is 41.4 Å². The van der Waals surface area contributed by atoms with Crippen LogP contribution in [0.3, 0.4) is 0 Å². The summed E-state index contributed by atoms with van der Waals surface area (Å²) in [6, 6.07) is 10.9. The maximum atomic E-state index is 12.2. The SMILES string of the molecule is CCOc1ccc2nc(SCC(=O)Nc3cc(Cl)ccc3OC)sc2c1. The molecule has 3 rings (SSSR count). The van der Waals surface area contributed by atoms with Gasteiger partial charge in [-0.25, -0.2) is 4.98 Å². The lowest BCUT2D eigenvalue weighted by atomic mass is 10.3. The van der Waals surface area contributed by atoms with Crippen LogP contribution >= 0.6 is 34.7 Å². The van der Waals surface area contributed by atoms with Crippen LogP contribution in [0.25, 0.3) is 10.2 Å². The van der Waals surface area contributed by atoms with E-state index in [4.69, 9.17) is 21.1 Å². The lowest BCUT2D eigenvalue weighted by Gasteiger charge is -2.10. The number of carbonyl (C=O) groups is 1. The van der Waals surface area contributed by atoms with Crippen molar-refractivity contribution in [3.8, 4) is 11.5 Å². The second kappa shape index (κ2) is 8.62. The third kappa shape index (κ3) is 4.60. The van der Waals surface area contributed by atoms with E-state index in [1.54, 1.807) is 36.6 Å². The molecule has 5 nitrogen and oxygen atoms in total. The highest BCUT2D eigenvalue weighted by molar-refractivity contribution is 8.01. The summed E-state index contributed by atoms with van der Waals surface area (Å²) >= 11 is 8.91. The van der Waals surface area contributed by atoms with E-state index in [1.807, 2.05) is 25.1 Å². The Kier molecular flexibility index (Phi) is 6.24. The molecule has 0 bridgehead atoms. The number of methoxy groups -OCH3 is 1. The summed E-state index contributed by atoms with van der Waals surface area (Å²) in [5.74, 6) is 1.49. The Labute approximate surface area is 164 Å². The topological polar surface area (TPSA) is 60.5 Å². The largest absolute Gasteiger partial charge is 0.495 e. The maximum Gasteiger partial charge on any atom is 0.234 e. The molecule has 1 N–H and O–H groups in total. The molecule has 1 amide bonds. The van der Waals surface area contributed by atoms with Crippen LogP contribution in [0, 0.1) is 0 Å². The van der Waals surface area contributed by atoms with Gasteiger partial charge in [0.05, 0.1) is 35.4 Å². The normalized spacial score (nSPS) is 10.7. The number of amides is 1. The first-order valence-corrected chi connectivity index (χ1v) is 10.1. The number of benzene rings is 2. The van der Waals surface area contributed by atoms with Crippen molar-refractivity contribution in [1.82, 2.24) is 4.98 Å². The van der Waals surface area contributed by atoms with Gasteiger partial charge < -0.3 is 14.8 Å². The number of fused-ring (bicyclic) bond motifs is 1. The summed E-state index contributed by atoms with van der Waals surface area (Å²) < 4.78 is 12.6. The van der Waals surface area contributed by atoms with Gasteiger partial charge >= 0.3 is 0 Å². The van der Waals surface area contributed by atoms with E-state index in [9.17, 15) is 4.79 Å². The van der Waals surface area contributed by atoms with Gasteiger partial charge in [-0.2, -0.15) is 0 Å². The van der Waals surface area contributed by atoms with Crippen molar-refractivity contribution < 1.29 is 14.3 Å². The smallest absolute Gasteiger partial charge is 0.234 e. The zero-order valence-electron chi connectivity index (χ0n) is 14.2. The quantitative estimate of drug-likeness (QED) is 0.552. The number of carbonyl (C=O) groups excluding carboxylic acids is 1. The molecule has 0 unspecified atom stereocenters. The first kappa shape index (κ1) is 18.8. The van der Waals surface area contributed by atoms with Crippen LogP contribution in [-0.2, 0) is 4.79 Å². The number of thiazole rings is 1. The number of anilines is 1. The molecule has 0 saturated carbocycles. The van der Waals surface area contributed by atoms with E-state index in [1.165, 1.54) is 11.8 Å². The fourth-order valence-electron chi connectivity index (χ4n) is 2.29. The molecule has 0 spiro atoms. The molecular formula is C18H17ClN2O3S2. The predicted molar refractivity (Wildman–Crippen MR) is 108 cm³/mol. The molecule has 0 saturated heterocycles. The predicted octanol–water partition coefficient (Wildman–Crippen LogP) is 5.09. The third-order valence-electron chi connectivity index (χ3n) is 3.41. The molecule has 0 aliphatic heterocycles. The first-order valence-electron chi connectivity index (χ1n) is 7.88. The fraction of sp³-hybridized carbons (Fsp3) is 0.222. The van der Waals surface area contributed by atoms with E-state index in [0.717, 1.165) is 20.3 Å². The van der Waals surface area contributed by atoms with Crippen LogP contribution in [0.15, 0.2) is 40.7 Å². The van der Waals surface area contributed by atoms with Gasteiger partial charge in [0.25, 0.3) is 0 Å². The van der Waals surface area contributed by atoms with E-state index in [0.29, 0.717) is 23.1 Å². The van der Waals surface area contributed by atoms with Crippen molar-refractivity contribution >= 4 is 56.5 Å². The number of rotatable bonds is 7. The van der Waals surface area contributed by atoms with Gasteiger partial charge in [0.2, 0.25) is 5.91 Å². The number of hydrogen-bond donors (Lipinski definition) is 1. The van der Waals surface area contributed by atoms with Gasteiger partial charge in [0.1, 0.15) is 11.5 Å². The number of aromatic nitrogens is 1. The monoisotopic (exact) mass is 408 g/mol. The minimum absolute atomic E-state index is 0.148. The summed E-state index contributed by atoms with van der Waals surface area (Å²) in [5, 5.41) is 3.35. The Balaban J connectivity index is 1.64. The van der Waals surface area contributed by atoms with Gasteiger partial charge in [-0.1, -0.05) is 23.4 Å². The van der Waals surface area contributed by atoms with E-state index < -0.39 is 0 Å². The van der Waals surface area contributed by atoms with Crippen molar-refractivity contribution in [2.24, 2.45) is 0 Å². The molecule has 0 radical (unpaired) electrons. The van der Waals surface area contributed by atoms with Gasteiger partial charge in [-0.05, 0) is 43.3 Å². The Bertz CT molecular complexity index is 930. The molecule has 26 heavy (non-hydrogen) atoms. The molecule has 1 heterocycles. The van der Waals surface area contributed by atoms with Gasteiger partial charge in [0.15, 0.2) is 4.34 Å². The van der Waals surface area contributed by atoms with Crippen LogP contribution in [0.1, 0.15) is 6.92 Å². The van der Waals surface area contributed by atoms with Crippen LogP contribution < -0.4 is 14.8 Å². The van der Waals surface area contributed by atoms with E-state index in [-0.39, 0.29) is 11.7 Å². The number of nitrogens with one attached hydrogen (secondary N) is 1. The summed E-state index contributed by atoms with van der Waals surface area (Å²) in [4.78, 5) is 16.8. The zero-order valence-corrected chi connectivity index (χ0v) is 16.6. The van der Waals surface area contributed by atoms with Gasteiger partial charge in [0, 0.05) is 5.02 Å². The average molecular weight is 409 g/mol. The Morgan fingerprint density at radius 2 is 2.15 bits per heavy atom. The second-order valence-electron chi connectivity index (χ2n) is 5.22. The van der Waals surface area contributed by atoms with Crippen molar-refractivity contribution in [1.29, 1.82) is 0 Å². The number of hydrogen-bond acceptors (Lipinski definition) is 6. The summed E-state index contributed by atoms with van der Waals surface area (Å²) in [6.45, 7) is 2.57. The highest BCUT2D eigenvalue weighted by Crippen LogP contribution is 2.32. The first-order chi connectivity index (χ1) is 12.6. The average Bonchev–Trinajstić information content (AvgIpc) is 3.03. The van der Waals surface area contributed by atoms with Crippen molar-refractivity contribution in [2.45, 2.75) is 11.3 Å². The standard InChI is InChI=1S/C18H17ClN2O3S2/c1-3-24-12-5-6-13-16(9-12)26-18(21-13)25-10-17(22)20-14-8-11(19)4-7-15(14)23-2/h4-9H,3,10H2,1-2H3,(H,20,22). The molecule has 0 aliphatic carbocycles. The lowest BCUT2D eigenvalue weighted by Crippen LogP contribution is -2.14. The molecule has 0 atom stereocenters. The zero-order chi connectivity index (χ0) is 18.5. The number of halogens is 1. The molecule has 2 aromatic carbocycles. The van der Waals surface area contributed by atoms with Crippen LogP contribution in [0.5, 0.6) is 11.5 Å². The second-order valence-corrected chi connectivity index (χ2v) is 7.91. The van der Waals surface area contributed by atoms with Crippen LogP contribution in [-0.4, -0.2) is 30.4 Å². The molecule has 0 fully saturated rings. The maximum absolute atomic E-state index is 12.2. The van der Waals surface area contributed by atoms with Crippen LogP contribution in [0.4, 0.5) is 5.69 Å². The van der Waals surface area contributed by atoms with E-state index in [2.05, 4.69) is 10.3 Å². The lowest BCUT2D eigenvalue weighted by molar-refractivity contribution is -0.113. The Hall–Kier alpha value is -1.96. The Morgan fingerprint density at radius 1 is 1.31 bits per heavy atom. The Morgan fingerprint density at radius 3 is 2.92 bits per heavy atom. The van der Waals surface area contributed by atoms with Gasteiger partial charge in [-0.15, -0.1) is 11.3 Å². The molecule has 8 heteroatoms. The fourth-order valence-corrected chi connectivity index (χ4v) is 4.36. The minimum Gasteiger partial charge on any atom is -0.495 e. The highest BCUT2D eigenvalue weighted by atomic mass is 35.5. The number of thioether (sulfide) groups is 1. The number of nitrogens with zero attached hydrogens (tertiary/aromatic N) is 1. The summed E-state index contributed by atoms with van der Waals surface area (Å²) in [5.41, 5.74) is 1.45. The van der Waals surface area contributed by atoms with Crippen molar-refractivity contribution in [2.75, 3.05) is 24.8 Å². The van der Waals surface area contributed by atoms with E-state index >= 15 is 0 Å². The number of ether oxygens (including phenoxy) is 2. The van der Waals surface area contributed by atoms with Gasteiger partial charge in [-0.3, -0.25) is 4.79 Å². The third-order valence-corrected chi connectivity index (χ3v) is 5.81. The van der Waals surface area contributed by atoms with Crippen LogP contribution in [0.2, 0.25) is 5.02 Å². The summed E-state index contributed by atoms with van der Waals surface area (Å²) in [7, 11) is 1.55. The minimum atomic E-state index is -0.148.